The zero-order chi connectivity index (χ0) is 18.7. The van der Waals surface area contributed by atoms with Crippen LogP contribution >= 0.6 is 11.6 Å². The van der Waals surface area contributed by atoms with Gasteiger partial charge in [0.2, 0.25) is 0 Å². The van der Waals surface area contributed by atoms with Gasteiger partial charge in [-0.3, -0.25) is 0 Å². The van der Waals surface area contributed by atoms with Crippen LogP contribution in [-0.4, -0.2) is 14.2 Å². The monoisotopic (exact) mass is 387 g/mol. The van der Waals surface area contributed by atoms with E-state index in [9.17, 15) is 8.42 Å². The number of benzene rings is 2. The van der Waals surface area contributed by atoms with E-state index in [2.05, 4.69) is 13.0 Å². The molecule has 0 heterocycles. The zero-order valence-corrected chi connectivity index (χ0v) is 16.4. The lowest BCUT2D eigenvalue weighted by atomic mass is 9.84. The maximum atomic E-state index is 12.8. The Morgan fingerprint density at radius 2 is 1.73 bits per heavy atom. The Balaban J connectivity index is 1.80. The third kappa shape index (κ3) is 4.28. The highest BCUT2D eigenvalue weighted by Crippen LogP contribution is 2.33. The molecule has 3 nitrogen and oxygen atoms in total. The minimum Gasteiger partial charge on any atom is -0.224 e. The van der Waals surface area contributed by atoms with Crippen molar-refractivity contribution in [2.45, 2.75) is 37.5 Å². The van der Waals surface area contributed by atoms with Gasteiger partial charge in [0.15, 0.2) is 9.84 Å². The average Bonchev–Trinajstić information content (AvgIpc) is 2.63. The van der Waals surface area contributed by atoms with Gasteiger partial charge in [-0.1, -0.05) is 49.6 Å². The number of halogens is 1. The Hall–Kier alpha value is -1.83. The van der Waals surface area contributed by atoms with Crippen LogP contribution in [-0.2, 0) is 9.84 Å². The van der Waals surface area contributed by atoms with Crippen molar-refractivity contribution in [3.05, 3.63) is 53.1 Å². The van der Waals surface area contributed by atoms with E-state index in [4.69, 9.17) is 16.9 Å². The third-order valence-corrected chi connectivity index (χ3v) is 7.41. The Labute approximate surface area is 160 Å². The molecule has 1 fully saturated rings. The SMILES string of the molecule is CC1CCC(CS(=O)(=O)c2ccc(-c3ccc(C#N)cc3)c(Cl)c2)CC1. The average molecular weight is 388 g/mol. The molecule has 136 valence electrons. The van der Waals surface area contributed by atoms with Crippen LogP contribution < -0.4 is 0 Å². The van der Waals surface area contributed by atoms with Gasteiger partial charge in [0, 0.05) is 10.6 Å². The van der Waals surface area contributed by atoms with Gasteiger partial charge < -0.3 is 0 Å². The predicted molar refractivity (Wildman–Crippen MR) is 105 cm³/mol. The highest BCUT2D eigenvalue weighted by atomic mass is 35.5. The number of hydrogen-bond donors (Lipinski definition) is 0. The number of rotatable bonds is 4. The number of nitrogens with zero attached hydrogens (tertiary/aromatic N) is 1. The highest BCUT2D eigenvalue weighted by molar-refractivity contribution is 7.91. The standard InChI is InChI=1S/C21H22ClNO2S/c1-15-2-4-17(5-3-15)14-26(24,25)19-10-11-20(21(22)12-19)18-8-6-16(13-23)7-9-18/h6-12,15,17H,2-5,14H2,1H3. The fourth-order valence-corrected chi connectivity index (χ4v) is 5.62. The first-order chi connectivity index (χ1) is 12.4. The van der Waals surface area contributed by atoms with Crippen LogP contribution in [0.2, 0.25) is 5.02 Å². The van der Waals surface area contributed by atoms with E-state index < -0.39 is 9.84 Å². The number of nitriles is 1. The number of hydrogen-bond acceptors (Lipinski definition) is 3. The molecular formula is C21H22ClNO2S. The molecule has 0 aromatic heterocycles. The summed E-state index contributed by atoms with van der Waals surface area (Å²) < 4.78 is 25.5. The summed E-state index contributed by atoms with van der Waals surface area (Å²) in [6, 6.07) is 14.1. The van der Waals surface area contributed by atoms with Crippen LogP contribution in [0.1, 0.15) is 38.2 Å². The Morgan fingerprint density at radius 3 is 2.31 bits per heavy atom. The normalized spacial score (nSPS) is 20.5. The van der Waals surface area contributed by atoms with Gasteiger partial charge in [-0.2, -0.15) is 5.26 Å². The molecular weight excluding hydrogens is 366 g/mol. The first-order valence-electron chi connectivity index (χ1n) is 8.92. The van der Waals surface area contributed by atoms with Gasteiger partial charge in [0.05, 0.1) is 22.3 Å². The van der Waals surface area contributed by atoms with E-state index in [0.29, 0.717) is 21.4 Å². The molecule has 1 aliphatic rings. The van der Waals surface area contributed by atoms with Crippen LogP contribution in [0.15, 0.2) is 47.4 Å². The largest absolute Gasteiger partial charge is 0.224 e. The molecule has 0 atom stereocenters. The molecule has 0 amide bonds. The first-order valence-corrected chi connectivity index (χ1v) is 10.9. The Kier molecular flexibility index (Phi) is 5.70. The molecule has 0 N–H and O–H groups in total. The lowest BCUT2D eigenvalue weighted by Gasteiger charge is -2.25. The summed E-state index contributed by atoms with van der Waals surface area (Å²) in [7, 11) is -3.34. The van der Waals surface area contributed by atoms with Gasteiger partial charge in [-0.05, 0) is 54.5 Å². The van der Waals surface area contributed by atoms with Crippen LogP contribution in [0.4, 0.5) is 0 Å². The fourth-order valence-electron chi connectivity index (χ4n) is 3.55. The van der Waals surface area contributed by atoms with Crippen LogP contribution in [0.25, 0.3) is 11.1 Å². The zero-order valence-electron chi connectivity index (χ0n) is 14.8. The van der Waals surface area contributed by atoms with E-state index in [1.54, 1.807) is 30.3 Å². The van der Waals surface area contributed by atoms with Gasteiger partial charge in [-0.25, -0.2) is 8.42 Å². The highest BCUT2D eigenvalue weighted by Gasteiger charge is 2.25. The molecule has 2 aromatic rings. The molecule has 3 rings (SSSR count). The molecule has 0 saturated heterocycles. The van der Waals surface area contributed by atoms with Crippen molar-refractivity contribution in [1.29, 1.82) is 5.26 Å². The summed E-state index contributed by atoms with van der Waals surface area (Å²) in [6.45, 7) is 2.23. The van der Waals surface area contributed by atoms with E-state index in [1.807, 2.05) is 12.1 Å². The topological polar surface area (TPSA) is 57.9 Å². The predicted octanol–water partition coefficient (Wildman–Crippen LogP) is 5.48. The van der Waals surface area contributed by atoms with E-state index in [1.165, 1.54) is 0 Å². The minimum atomic E-state index is -3.34. The lowest BCUT2D eigenvalue weighted by molar-refractivity contribution is 0.308. The van der Waals surface area contributed by atoms with Crippen molar-refractivity contribution in [2.24, 2.45) is 11.8 Å². The summed E-state index contributed by atoms with van der Waals surface area (Å²) in [6.07, 6.45) is 4.19. The van der Waals surface area contributed by atoms with Crippen LogP contribution in [0.5, 0.6) is 0 Å². The second-order valence-corrected chi connectivity index (χ2v) is 9.68. The van der Waals surface area contributed by atoms with Crippen LogP contribution in [0, 0.1) is 23.2 Å². The van der Waals surface area contributed by atoms with Gasteiger partial charge in [0.1, 0.15) is 0 Å². The summed E-state index contributed by atoms with van der Waals surface area (Å²) in [5.74, 6) is 1.15. The van der Waals surface area contributed by atoms with Crippen molar-refractivity contribution in [3.8, 4) is 17.2 Å². The second-order valence-electron chi connectivity index (χ2n) is 7.24. The van der Waals surface area contributed by atoms with Crippen molar-refractivity contribution in [1.82, 2.24) is 0 Å². The third-order valence-electron chi connectivity index (χ3n) is 5.22. The molecule has 1 saturated carbocycles. The van der Waals surface area contributed by atoms with Crippen molar-refractivity contribution >= 4 is 21.4 Å². The first kappa shape index (κ1) is 18.9. The Bertz CT molecular complexity index is 921. The number of sulfone groups is 1. The molecule has 26 heavy (non-hydrogen) atoms. The second kappa shape index (κ2) is 7.82. The smallest absolute Gasteiger partial charge is 0.178 e. The summed E-state index contributed by atoms with van der Waals surface area (Å²) >= 11 is 6.38. The molecule has 5 heteroatoms. The van der Waals surface area contributed by atoms with Crippen LogP contribution in [0.3, 0.4) is 0 Å². The van der Waals surface area contributed by atoms with E-state index >= 15 is 0 Å². The molecule has 1 aliphatic carbocycles. The van der Waals surface area contributed by atoms with E-state index in [0.717, 1.165) is 36.8 Å². The van der Waals surface area contributed by atoms with Crippen molar-refractivity contribution < 1.29 is 8.42 Å². The molecule has 2 aromatic carbocycles. The van der Waals surface area contributed by atoms with Gasteiger partial charge in [-0.15, -0.1) is 0 Å². The van der Waals surface area contributed by atoms with Gasteiger partial charge in [0.25, 0.3) is 0 Å². The maximum Gasteiger partial charge on any atom is 0.178 e. The fraction of sp³-hybridized carbons (Fsp3) is 0.381. The van der Waals surface area contributed by atoms with Crippen molar-refractivity contribution in [3.63, 3.8) is 0 Å². The lowest BCUT2D eigenvalue weighted by Crippen LogP contribution is -2.21. The van der Waals surface area contributed by atoms with Gasteiger partial charge >= 0.3 is 0 Å². The molecule has 0 spiro atoms. The molecule has 0 radical (unpaired) electrons. The summed E-state index contributed by atoms with van der Waals surface area (Å²) in [5, 5.41) is 9.30. The molecule has 0 unspecified atom stereocenters. The van der Waals surface area contributed by atoms with Crippen molar-refractivity contribution in [2.75, 3.05) is 5.75 Å². The molecule has 0 bridgehead atoms. The van der Waals surface area contributed by atoms with E-state index in [-0.39, 0.29) is 11.7 Å². The quantitative estimate of drug-likeness (QED) is 0.697. The summed E-state index contributed by atoms with van der Waals surface area (Å²) in [5.41, 5.74) is 2.20. The maximum absolute atomic E-state index is 12.8. The molecule has 0 aliphatic heterocycles. The summed E-state index contributed by atoms with van der Waals surface area (Å²) in [4.78, 5) is 0.290. The minimum absolute atomic E-state index is 0.201. The Morgan fingerprint density at radius 1 is 1.08 bits per heavy atom.